The number of aliphatic hydroxyl groups is 1. The number of aromatic hydroxyl groups is 2. The van der Waals surface area contributed by atoms with Crippen molar-refractivity contribution < 1.29 is 29.3 Å². The molecule has 0 radical (unpaired) electrons. The molecule has 1 saturated carbocycles. The summed E-state index contributed by atoms with van der Waals surface area (Å²) >= 11 is 0. The molecule has 2 fully saturated rings. The Morgan fingerprint density at radius 1 is 0.905 bits per heavy atom. The van der Waals surface area contributed by atoms with Crippen LogP contribution >= 0.6 is 0 Å². The Kier molecular flexibility index (Phi) is 9.36. The Morgan fingerprint density at radius 3 is 1.98 bits per heavy atom. The van der Waals surface area contributed by atoms with Gasteiger partial charge in [0.15, 0.2) is 11.6 Å². The first-order chi connectivity index (χ1) is 20.2. The summed E-state index contributed by atoms with van der Waals surface area (Å²) in [6.45, 7) is 2.59. The molecule has 0 spiro atoms. The van der Waals surface area contributed by atoms with Crippen LogP contribution in [0.15, 0.2) is 66.7 Å². The van der Waals surface area contributed by atoms with E-state index in [1.807, 2.05) is 4.90 Å². The number of halogens is 1. The number of piperidine rings is 1. The third-order valence-electron chi connectivity index (χ3n) is 8.91. The maximum Gasteiger partial charge on any atom is 0.167 e. The van der Waals surface area contributed by atoms with Crippen LogP contribution in [0, 0.1) is 24.6 Å². The molecule has 1 aliphatic heterocycles. The Hall–Kier alpha value is -3.59. The van der Waals surface area contributed by atoms with E-state index in [9.17, 15) is 29.3 Å². The van der Waals surface area contributed by atoms with Gasteiger partial charge in [-0.1, -0.05) is 49.2 Å². The molecule has 222 valence electrons. The van der Waals surface area contributed by atoms with Crippen LogP contribution in [0.3, 0.4) is 0 Å². The van der Waals surface area contributed by atoms with Gasteiger partial charge in [0.05, 0.1) is 6.61 Å². The monoisotopic (exact) mass is 574 g/mol. The summed E-state index contributed by atoms with van der Waals surface area (Å²) < 4.78 is 14.9. The molecule has 3 aromatic rings. The second-order valence-electron chi connectivity index (χ2n) is 11.8. The number of rotatable bonds is 10. The number of phenols is 2. The quantitative estimate of drug-likeness (QED) is 0.257. The first-order valence-electron chi connectivity index (χ1n) is 14.8. The summed E-state index contributed by atoms with van der Waals surface area (Å²) in [6.07, 6.45) is 4.40. The molecule has 0 unspecified atom stereocenters. The number of Topliss-reactive ketones (excluding diaryl/α,β-unsaturated/α-hetero) is 2. The predicted molar refractivity (Wildman–Crippen MR) is 158 cm³/mol. The van der Waals surface area contributed by atoms with Crippen LogP contribution < -0.4 is 5.32 Å². The van der Waals surface area contributed by atoms with Gasteiger partial charge in [0.1, 0.15) is 17.3 Å². The van der Waals surface area contributed by atoms with Crippen LogP contribution in [-0.2, 0) is 0 Å². The Bertz CT molecular complexity index is 1360. The lowest BCUT2D eigenvalue weighted by atomic mass is 9.67. The molecule has 0 bridgehead atoms. The molecule has 2 aliphatic rings. The summed E-state index contributed by atoms with van der Waals surface area (Å²) in [5.74, 6) is -3.12. The number of ketones is 2. The van der Waals surface area contributed by atoms with Crippen molar-refractivity contribution in [3.8, 4) is 11.5 Å². The van der Waals surface area contributed by atoms with Crippen LogP contribution in [0.25, 0.3) is 0 Å². The molecule has 1 aliphatic carbocycles. The lowest BCUT2D eigenvalue weighted by Crippen LogP contribution is -2.55. The summed E-state index contributed by atoms with van der Waals surface area (Å²) in [4.78, 5) is 30.5. The van der Waals surface area contributed by atoms with E-state index in [0.717, 1.165) is 25.7 Å². The van der Waals surface area contributed by atoms with Gasteiger partial charge in [-0.2, -0.15) is 0 Å². The third-order valence-corrected chi connectivity index (χ3v) is 8.91. The number of carbonyl (C=O) groups excluding carboxylic acids is 2. The van der Waals surface area contributed by atoms with Gasteiger partial charge in [-0.15, -0.1) is 0 Å². The van der Waals surface area contributed by atoms with Crippen LogP contribution in [0.1, 0.15) is 63.4 Å². The fourth-order valence-corrected chi connectivity index (χ4v) is 6.85. The fourth-order valence-electron chi connectivity index (χ4n) is 6.85. The molecule has 42 heavy (non-hydrogen) atoms. The Balaban J connectivity index is 1.57. The smallest absolute Gasteiger partial charge is 0.167 e. The molecule has 0 aromatic heterocycles. The van der Waals surface area contributed by atoms with Crippen molar-refractivity contribution in [2.75, 3.05) is 26.2 Å². The molecular formula is C34H39FN2O5. The van der Waals surface area contributed by atoms with Crippen molar-refractivity contribution >= 4 is 11.6 Å². The number of hydrogen-bond acceptors (Lipinski definition) is 7. The minimum absolute atomic E-state index is 0.0412. The molecule has 1 heterocycles. The summed E-state index contributed by atoms with van der Waals surface area (Å²) in [6, 6.07) is 17.1. The molecular weight excluding hydrogens is 535 g/mol. The topological polar surface area (TPSA) is 110 Å². The van der Waals surface area contributed by atoms with E-state index in [0.29, 0.717) is 47.9 Å². The number of phenolic OH excluding ortho intramolecular Hbond substituents is 2. The number of nitrogens with one attached hydrogen (secondary N) is 1. The minimum Gasteiger partial charge on any atom is -0.508 e. The lowest BCUT2D eigenvalue weighted by Gasteiger charge is -2.44. The molecule has 0 amide bonds. The van der Waals surface area contributed by atoms with E-state index in [1.165, 1.54) is 30.3 Å². The average molecular weight is 575 g/mol. The van der Waals surface area contributed by atoms with E-state index in [2.05, 4.69) is 5.32 Å². The van der Waals surface area contributed by atoms with Gasteiger partial charge in [-0.25, -0.2) is 4.39 Å². The third kappa shape index (κ3) is 6.56. The average Bonchev–Trinajstić information content (AvgIpc) is 3.50. The second kappa shape index (κ2) is 13.2. The second-order valence-corrected chi connectivity index (χ2v) is 11.8. The number of nitrogens with zero attached hydrogens (tertiary/aromatic N) is 1. The van der Waals surface area contributed by atoms with Gasteiger partial charge in [-0.3, -0.25) is 9.59 Å². The molecule has 4 N–H and O–H groups in total. The first kappa shape index (κ1) is 29.9. The lowest BCUT2D eigenvalue weighted by molar-refractivity contribution is 0.0520. The van der Waals surface area contributed by atoms with E-state index in [1.54, 1.807) is 43.3 Å². The Labute approximate surface area is 246 Å². The van der Waals surface area contributed by atoms with Crippen molar-refractivity contribution in [1.82, 2.24) is 10.2 Å². The van der Waals surface area contributed by atoms with Crippen LogP contribution in [0.5, 0.6) is 11.5 Å². The van der Waals surface area contributed by atoms with Gasteiger partial charge in [0, 0.05) is 60.6 Å². The highest BCUT2D eigenvalue weighted by atomic mass is 19.1. The minimum atomic E-state index is -0.738. The molecule has 5 rings (SSSR count). The zero-order chi connectivity index (χ0) is 29.8. The van der Waals surface area contributed by atoms with Gasteiger partial charge in [-0.05, 0) is 61.2 Å². The van der Waals surface area contributed by atoms with Crippen molar-refractivity contribution in [2.45, 2.75) is 50.6 Å². The van der Waals surface area contributed by atoms with Crippen molar-refractivity contribution in [2.24, 2.45) is 11.8 Å². The van der Waals surface area contributed by atoms with Gasteiger partial charge < -0.3 is 25.5 Å². The largest absolute Gasteiger partial charge is 0.508 e. The normalized spacial score (nSPS) is 20.9. The molecule has 3 atom stereocenters. The standard InChI is InChI=1S/C34H39FN2O5/c1-21-28(13-6-14-31(21)35)32-29(33(41)22-7-4-11-26(39)15-22)18-37(17-25(20-38)36-24-9-2-3-10-24)19-30(32)34(42)23-8-5-12-27(40)16-23/h4-8,11-16,24-25,29-30,32,36,38-40H,2-3,9-10,17-20H2,1H3/t25-,29+,30+/m1/s1. The van der Waals surface area contributed by atoms with Gasteiger partial charge >= 0.3 is 0 Å². The van der Waals surface area contributed by atoms with Crippen LogP contribution in [-0.4, -0.2) is 70.1 Å². The van der Waals surface area contributed by atoms with E-state index < -0.39 is 23.6 Å². The maximum absolute atomic E-state index is 14.9. The van der Waals surface area contributed by atoms with Crippen LogP contribution in [0.2, 0.25) is 0 Å². The van der Waals surface area contributed by atoms with Gasteiger partial charge in [0.2, 0.25) is 0 Å². The highest BCUT2D eigenvalue weighted by molar-refractivity contribution is 6.02. The van der Waals surface area contributed by atoms with E-state index in [-0.39, 0.29) is 35.7 Å². The zero-order valence-electron chi connectivity index (χ0n) is 23.9. The number of aliphatic hydroxyl groups excluding tert-OH is 1. The molecule has 7 nitrogen and oxygen atoms in total. The first-order valence-corrected chi connectivity index (χ1v) is 14.8. The van der Waals surface area contributed by atoms with E-state index >= 15 is 0 Å². The number of likely N-dealkylation sites (tertiary alicyclic amines) is 1. The summed E-state index contributed by atoms with van der Waals surface area (Å²) in [7, 11) is 0. The number of hydrogen-bond donors (Lipinski definition) is 4. The van der Waals surface area contributed by atoms with E-state index in [4.69, 9.17) is 0 Å². The highest BCUT2D eigenvalue weighted by Gasteiger charge is 2.46. The maximum atomic E-state index is 14.9. The van der Waals surface area contributed by atoms with Crippen LogP contribution in [0.4, 0.5) is 4.39 Å². The van der Waals surface area contributed by atoms with Gasteiger partial charge in [0.25, 0.3) is 0 Å². The molecule has 8 heteroatoms. The van der Waals surface area contributed by atoms with Crippen molar-refractivity contribution in [3.63, 3.8) is 0 Å². The fraction of sp³-hybridized carbons (Fsp3) is 0.412. The van der Waals surface area contributed by atoms with Crippen molar-refractivity contribution in [1.29, 1.82) is 0 Å². The highest BCUT2D eigenvalue weighted by Crippen LogP contribution is 2.43. The molecule has 3 aromatic carbocycles. The predicted octanol–water partition coefficient (Wildman–Crippen LogP) is 4.84. The summed E-state index contributed by atoms with van der Waals surface area (Å²) in [5.41, 5.74) is 1.60. The zero-order valence-corrected chi connectivity index (χ0v) is 23.9. The Morgan fingerprint density at radius 2 is 1.45 bits per heavy atom. The molecule has 1 saturated heterocycles. The summed E-state index contributed by atoms with van der Waals surface area (Å²) in [5, 5.41) is 34.1. The number of benzene rings is 3. The number of carbonyl (C=O) groups is 2. The van der Waals surface area contributed by atoms with Crippen molar-refractivity contribution in [3.05, 3.63) is 94.8 Å². The SMILES string of the molecule is Cc1c(F)cccc1C1[C@@H](C(=O)c2cccc(O)c2)CN(C[C@H](CO)NC2CCCC2)C[C@@H]1C(=O)c1cccc(O)c1.